The van der Waals surface area contributed by atoms with Gasteiger partial charge in [0.2, 0.25) is 11.6 Å². The van der Waals surface area contributed by atoms with E-state index in [1.54, 1.807) is 18.2 Å². The van der Waals surface area contributed by atoms with Gasteiger partial charge < -0.3 is 35.4 Å². The van der Waals surface area contributed by atoms with Crippen LogP contribution in [0.15, 0.2) is 133 Å². The molecule has 2 aliphatic carbocycles. The Morgan fingerprint density at radius 2 is 0.910 bits per heavy atom. The van der Waals surface area contributed by atoms with E-state index in [1.807, 2.05) is 66.7 Å². The average molecular weight is 1580 g/mol. The minimum Gasteiger partial charge on any atom is -0.507 e. The molecule has 0 fully saturated rings. The van der Waals surface area contributed by atoms with Crippen LogP contribution in [0.1, 0.15) is 95.5 Å². The van der Waals surface area contributed by atoms with Crippen molar-refractivity contribution in [3.8, 4) is 23.0 Å². The Hall–Kier alpha value is -4.04. The van der Waals surface area contributed by atoms with E-state index >= 15 is 0 Å². The van der Waals surface area contributed by atoms with Crippen LogP contribution in [-0.4, -0.2) is 78.9 Å². The van der Waals surface area contributed by atoms with Crippen LogP contribution in [-0.2, 0) is 4.74 Å². The molecule has 8 rings (SSSR count). The summed E-state index contributed by atoms with van der Waals surface area (Å²) in [4.78, 5) is 73.6. The van der Waals surface area contributed by atoms with Gasteiger partial charge in [0.25, 0.3) is 0 Å². The number of carbonyl (C=O) groups is 6. The molecule has 0 aliphatic heterocycles. The summed E-state index contributed by atoms with van der Waals surface area (Å²) < 4.78 is 5.17. The summed E-state index contributed by atoms with van der Waals surface area (Å²) in [5, 5.41) is 57.3. The van der Waals surface area contributed by atoms with Crippen molar-refractivity contribution in [3.63, 3.8) is 0 Å². The van der Waals surface area contributed by atoms with Crippen molar-refractivity contribution in [1.29, 1.82) is 0 Å². The third kappa shape index (κ3) is 14.7. The number of ether oxygens (including phenoxy) is 1. The topological polar surface area (TPSA) is 233 Å². The molecule has 348 valence electrons. The van der Waals surface area contributed by atoms with E-state index < -0.39 is 46.6 Å². The van der Waals surface area contributed by atoms with Gasteiger partial charge in [0.1, 0.15) is 29.6 Å². The molecule has 0 unspecified atom stereocenters. The Morgan fingerprint density at radius 1 is 0.522 bits per heavy atom. The fraction of sp³-hybridized carbons (Fsp3) is 0.0417. The Kier molecular flexibility index (Phi) is 24.3. The number of esters is 1. The number of carbonyl (C=O) groups excluding carboxylic acids is 5. The maximum absolute atomic E-state index is 12.8. The van der Waals surface area contributed by atoms with Gasteiger partial charge in [-0.15, -0.1) is 24.0 Å². The van der Waals surface area contributed by atoms with Gasteiger partial charge in [0, 0.05) is 59.5 Å². The molecule has 0 atom stereocenters. The number of hydrogen-bond acceptors (Lipinski definition) is 12. The number of aliphatic hydroxyl groups excluding tert-OH is 1. The van der Waals surface area contributed by atoms with E-state index in [9.17, 15) is 49.2 Å². The Morgan fingerprint density at radius 3 is 1.33 bits per heavy atom. The van der Waals surface area contributed by atoms with Crippen molar-refractivity contribution in [2.75, 3.05) is 13.2 Å². The number of halogens is 6. The molecule has 0 radical (unpaired) electrons. The molecule has 0 heterocycles. The number of phenolic OH excluding ortho intramolecular Hbond substituents is 4. The van der Waals surface area contributed by atoms with Gasteiger partial charge in [-0.05, 0) is 53.6 Å². The first-order valence-corrected chi connectivity index (χ1v) is 37.6. The second-order valence-corrected chi connectivity index (χ2v) is 29.6. The molecule has 6 aromatic rings. The van der Waals surface area contributed by atoms with Gasteiger partial charge >= 0.3 is 62.4 Å². The minimum atomic E-state index is -1.32. The van der Waals surface area contributed by atoms with Crippen LogP contribution in [0.3, 0.4) is 0 Å². The van der Waals surface area contributed by atoms with Gasteiger partial charge in [0.15, 0.2) is 11.6 Å². The van der Waals surface area contributed by atoms with Crippen LogP contribution in [0.4, 0.5) is 0 Å². The molecule has 2 aliphatic rings. The first-order valence-electron chi connectivity index (χ1n) is 18.8. The summed E-state index contributed by atoms with van der Waals surface area (Å²) in [5.41, 5.74) is 0.550. The number of ketones is 4. The van der Waals surface area contributed by atoms with Crippen LogP contribution in [0.25, 0.3) is 12.2 Å². The summed E-state index contributed by atoms with van der Waals surface area (Å²) in [7, 11) is 0. The quantitative estimate of drug-likeness (QED) is 0.0654. The average Bonchev–Trinajstić information content (AvgIpc) is 3.32. The molecule has 0 aromatic heterocycles. The van der Waals surface area contributed by atoms with Crippen LogP contribution >= 0.6 is 98.4 Å². The number of rotatable bonds is 7. The van der Waals surface area contributed by atoms with Crippen molar-refractivity contribution < 1.29 is 77.4 Å². The minimum absolute atomic E-state index is 0. The summed E-state index contributed by atoms with van der Waals surface area (Å²) in [6.45, 7) is 0.101. The largest absolute Gasteiger partial charge is 0.507 e. The smallest absolute Gasteiger partial charge is 0.338 e. The number of benzene rings is 6. The number of carboxylic acids is 1. The first kappa shape index (κ1) is 57.3. The van der Waals surface area contributed by atoms with Crippen molar-refractivity contribution in [1.82, 2.24) is 0 Å². The van der Waals surface area contributed by atoms with E-state index in [4.69, 9.17) is 14.9 Å². The van der Waals surface area contributed by atoms with Gasteiger partial charge in [-0.25, -0.2) is 9.59 Å². The molecular weight excluding hydrogens is 1550 g/mol. The molecule has 67 heavy (non-hydrogen) atoms. The normalized spacial score (nSPS) is 11.6. The number of fused-ring (bicyclic) bond motifs is 4. The Bertz CT molecular complexity index is 2830. The fourth-order valence-electron chi connectivity index (χ4n) is 6.51. The number of phenols is 4. The van der Waals surface area contributed by atoms with Crippen molar-refractivity contribution >= 4 is 146 Å². The molecule has 6 aromatic carbocycles. The van der Waals surface area contributed by atoms with E-state index in [-0.39, 0.29) is 104 Å². The molecule has 0 spiro atoms. The van der Waals surface area contributed by atoms with Crippen LogP contribution < -0.4 is 13.3 Å². The van der Waals surface area contributed by atoms with Crippen LogP contribution in [0, 0.1) is 0 Å². The fourth-order valence-corrected chi connectivity index (χ4v) is 6.51. The third-order valence-corrected chi connectivity index (χ3v) is 9.33. The summed E-state index contributed by atoms with van der Waals surface area (Å²) >= 11 is 9.54. The number of aliphatic hydroxyl groups is 1. The molecule has 0 saturated carbocycles. The van der Waals surface area contributed by atoms with Crippen molar-refractivity contribution in [2.24, 2.45) is 0 Å². The zero-order valence-corrected chi connectivity index (χ0v) is 47.2. The van der Waals surface area contributed by atoms with E-state index in [2.05, 4.69) is 74.5 Å². The van der Waals surface area contributed by atoms with E-state index in [0.29, 0.717) is 13.3 Å². The molecule has 0 amide bonds. The number of carboxylic acid groups (broad SMARTS) is 1. The predicted molar refractivity (Wildman–Crippen MR) is 293 cm³/mol. The van der Waals surface area contributed by atoms with Gasteiger partial charge in [-0.3, -0.25) is 19.2 Å². The molecule has 6 N–H and O–H groups in total. The summed E-state index contributed by atoms with van der Waals surface area (Å²) in [5.74, 6) is -6.47. The maximum Gasteiger partial charge on any atom is 0.338 e. The number of hydrogen-bond donors (Lipinski definition) is 6. The Balaban J connectivity index is 0.000000278. The number of aromatic hydroxyl groups is 4. The predicted octanol–water partition coefficient (Wildman–Crippen LogP) is 8.17. The van der Waals surface area contributed by atoms with Gasteiger partial charge in [-0.2, -0.15) is 0 Å². The van der Waals surface area contributed by atoms with E-state index in [0.717, 1.165) is 29.3 Å². The van der Waals surface area contributed by atoms with Crippen LogP contribution in [0.5, 0.6) is 23.0 Å². The van der Waals surface area contributed by atoms with Crippen LogP contribution in [0.2, 0.25) is 0 Å². The SMILES string of the molecule is I.II.I[I-]I.O=C(O)c1cc(O)c2c(c1)C(=O)c1cccc(O)c1C2=O.O=C(OC/C=C/c1ccccc1)c1cc(O)c2c(c1)C(=O)c1cccc(O)c1C2=O.OC/C=C/c1ccccc1. The zero-order chi connectivity index (χ0) is 48.5. The molecule has 0 bridgehead atoms. The van der Waals surface area contributed by atoms with Gasteiger partial charge in [0.05, 0.1) is 40.0 Å². The maximum atomic E-state index is 12.8. The van der Waals surface area contributed by atoms with Crippen molar-refractivity contribution in [3.05, 3.63) is 200 Å². The monoisotopic (exact) mass is 1580 g/mol. The zero-order valence-electron chi connectivity index (χ0n) is 34.1. The molecule has 19 heteroatoms. The third-order valence-electron chi connectivity index (χ3n) is 9.33. The summed E-state index contributed by atoms with van der Waals surface area (Å²) in [6, 6.07) is 31.8. The molecular formula is C48H35I6O13-. The second kappa shape index (κ2) is 28.5. The summed E-state index contributed by atoms with van der Waals surface area (Å²) in [6.07, 6.45) is 7.07. The van der Waals surface area contributed by atoms with E-state index in [1.165, 1.54) is 42.5 Å². The second-order valence-electron chi connectivity index (χ2n) is 13.3. The Labute approximate surface area is 453 Å². The van der Waals surface area contributed by atoms with Crippen molar-refractivity contribution in [2.45, 2.75) is 0 Å². The number of aromatic carboxylic acids is 1. The van der Waals surface area contributed by atoms with Gasteiger partial charge in [-0.1, -0.05) is 103 Å². The molecule has 13 nitrogen and oxygen atoms in total. The standard InChI is InChI=1S/C24H16O6.C15H8O6.C9H10O.I3.I2.HI/c25-18-10-4-9-16-20(18)23(28)21-17(22(16)27)12-15(13-19(21)26)24(29)30-11-5-8-14-6-2-1-3-7-14;16-9-3-1-2-7-11(9)14(19)12-8(13(7)18)4-6(15(20)21)5-10(12)17;10-8-4-7-9-5-2-1-3-6-9;1-3-2;1-2;/h1-10,12-13,25-26H,11H2;1-5,16-17H,(H,20,21);1-7,10H,8H2;;;1H/q;;;-1;;/b8-5+;;7-4+;;;. The molecule has 0 saturated heterocycles. The first-order chi connectivity index (χ1) is 31.7.